The van der Waals surface area contributed by atoms with Gasteiger partial charge in [0.2, 0.25) is 15.9 Å². The van der Waals surface area contributed by atoms with Crippen molar-refractivity contribution in [1.29, 1.82) is 0 Å². The lowest BCUT2D eigenvalue weighted by molar-refractivity contribution is -0.126. The van der Waals surface area contributed by atoms with Crippen LogP contribution < -0.4 is 4.90 Å². The van der Waals surface area contributed by atoms with Crippen molar-refractivity contribution < 1.29 is 17.6 Å². The van der Waals surface area contributed by atoms with Crippen LogP contribution in [0.2, 0.25) is 0 Å². The zero-order valence-electron chi connectivity index (χ0n) is 13.6. The molecule has 0 spiro atoms. The Morgan fingerprint density at radius 1 is 1.21 bits per heavy atom. The van der Waals surface area contributed by atoms with Crippen LogP contribution in [0.3, 0.4) is 0 Å². The molecule has 1 saturated heterocycles. The minimum absolute atomic E-state index is 0.0442. The first kappa shape index (κ1) is 16.0. The van der Waals surface area contributed by atoms with E-state index in [1.165, 1.54) is 16.4 Å². The third-order valence-electron chi connectivity index (χ3n) is 5.31. The topological polar surface area (TPSA) is 57.7 Å². The number of benzene rings is 1. The molecule has 1 aromatic rings. The monoisotopic (exact) mass is 352 g/mol. The number of carbonyl (C=O) groups excluding carboxylic acids is 1. The number of fused-ring (bicyclic) bond motifs is 1. The molecule has 5 nitrogen and oxygen atoms in total. The van der Waals surface area contributed by atoms with Gasteiger partial charge in [0.15, 0.2) is 0 Å². The van der Waals surface area contributed by atoms with Gasteiger partial charge in [0, 0.05) is 24.8 Å². The summed E-state index contributed by atoms with van der Waals surface area (Å²) in [6.07, 6.45) is 3.02. The first-order valence-corrected chi connectivity index (χ1v) is 9.98. The van der Waals surface area contributed by atoms with Crippen molar-refractivity contribution in [2.24, 2.45) is 5.92 Å². The van der Waals surface area contributed by atoms with E-state index in [0.29, 0.717) is 0 Å². The molecule has 0 radical (unpaired) electrons. The average Bonchev–Trinajstić information content (AvgIpc) is 3.30. The molecule has 130 valence electrons. The van der Waals surface area contributed by atoms with Crippen molar-refractivity contribution in [3.8, 4) is 0 Å². The maximum Gasteiger partial charge on any atom is 0.233 e. The standard InChI is InChI=1S/C17H21FN2O3S/c1-11-2-3-12-8-14(18)4-7-16(12)20(11)17(21)13-9-19(10-13)24(22,23)15-5-6-15/h4,7-8,11,13,15H,2-3,5-6,9-10H2,1H3. The second kappa shape index (κ2) is 5.52. The fourth-order valence-corrected chi connectivity index (χ4v) is 5.56. The molecular weight excluding hydrogens is 331 g/mol. The van der Waals surface area contributed by atoms with E-state index in [9.17, 15) is 17.6 Å². The van der Waals surface area contributed by atoms with Gasteiger partial charge in [-0.1, -0.05) is 0 Å². The zero-order valence-corrected chi connectivity index (χ0v) is 14.4. The summed E-state index contributed by atoms with van der Waals surface area (Å²) < 4.78 is 39.2. The van der Waals surface area contributed by atoms with Crippen LogP contribution in [0.15, 0.2) is 18.2 Å². The first-order valence-electron chi connectivity index (χ1n) is 8.48. The highest BCUT2D eigenvalue weighted by molar-refractivity contribution is 7.90. The third-order valence-corrected chi connectivity index (χ3v) is 7.65. The molecule has 0 aromatic heterocycles. The summed E-state index contributed by atoms with van der Waals surface area (Å²) in [5.41, 5.74) is 1.62. The second-order valence-electron chi connectivity index (χ2n) is 7.13. The molecule has 1 saturated carbocycles. The highest BCUT2D eigenvalue weighted by Gasteiger charge is 2.48. The van der Waals surface area contributed by atoms with Gasteiger partial charge in [-0.15, -0.1) is 0 Å². The molecular formula is C17H21FN2O3S. The molecule has 2 fully saturated rings. The number of anilines is 1. The van der Waals surface area contributed by atoms with Crippen LogP contribution in [0, 0.1) is 11.7 Å². The number of aryl methyl sites for hydroxylation is 1. The molecule has 1 amide bonds. The summed E-state index contributed by atoms with van der Waals surface area (Å²) in [6.45, 7) is 2.54. The van der Waals surface area contributed by atoms with E-state index >= 15 is 0 Å². The Balaban J connectivity index is 1.51. The predicted molar refractivity (Wildman–Crippen MR) is 88.7 cm³/mol. The Hall–Kier alpha value is -1.47. The van der Waals surface area contributed by atoms with Crippen LogP contribution in [-0.2, 0) is 21.2 Å². The Morgan fingerprint density at radius 2 is 1.92 bits per heavy atom. The van der Waals surface area contributed by atoms with Gasteiger partial charge in [-0.3, -0.25) is 4.79 Å². The molecule has 1 unspecified atom stereocenters. The quantitative estimate of drug-likeness (QED) is 0.835. The molecule has 2 aliphatic heterocycles. The fourth-order valence-electron chi connectivity index (χ4n) is 3.63. The largest absolute Gasteiger partial charge is 0.309 e. The summed E-state index contributed by atoms with van der Waals surface area (Å²) in [5.74, 6) is -0.629. The van der Waals surface area contributed by atoms with Gasteiger partial charge in [-0.2, -0.15) is 4.31 Å². The number of nitrogens with zero attached hydrogens (tertiary/aromatic N) is 2. The SMILES string of the molecule is CC1CCc2cc(F)ccc2N1C(=O)C1CN(S(=O)(=O)C2CC2)C1. The van der Waals surface area contributed by atoms with E-state index in [2.05, 4.69) is 0 Å². The lowest BCUT2D eigenvalue weighted by Crippen LogP contribution is -2.58. The van der Waals surface area contributed by atoms with Crippen LogP contribution in [0.4, 0.5) is 10.1 Å². The molecule has 1 aromatic carbocycles. The van der Waals surface area contributed by atoms with Gasteiger partial charge in [0.25, 0.3) is 0 Å². The molecule has 3 aliphatic rings. The molecule has 1 atom stereocenters. The lowest BCUT2D eigenvalue weighted by Gasteiger charge is -2.43. The van der Waals surface area contributed by atoms with Crippen LogP contribution in [0.5, 0.6) is 0 Å². The van der Waals surface area contributed by atoms with Gasteiger partial charge in [-0.25, -0.2) is 12.8 Å². The Bertz CT molecular complexity index is 785. The van der Waals surface area contributed by atoms with Crippen molar-refractivity contribution in [2.75, 3.05) is 18.0 Å². The van der Waals surface area contributed by atoms with E-state index in [-0.39, 0.29) is 42.0 Å². The summed E-state index contributed by atoms with van der Waals surface area (Å²) in [7, 11) is -3.19. The van der Waals surface area contributed by atoms with E-state index < -0.39 is 10.0 Å². The number of rotatable bonds is 3. The molecule has 4 rings (SSSR count). The number of hydrogen-bond acceptors (Lipinski definition) is 3. The van der Waals surface area contributed by atoms with E-state index in [1.807, 2.05) is 6.92 Å². The van der Waals surface area contributed by atoms with Crippen LogP contribution in [-0.4, -0.2) is 43.0 Å². The lowest BCUT2D eigenvalue weighted by atomic mass is 9.93. The maximum atomic E-state index is 13.4. The third kappa shape index (κ3) is 2.54. The van der Waals surface area contributed by atoms with Crippen molar-refractivity contribution in [3.63, 3.8) is 0 Å². The summed E-state index contributed by atoms with van der Waals surface area (Å²) in [5, 5.41) is -0.230. The maximum absolute atomic E-state index is 13.4. The highest BCUT2D eigenvalue weighted by atomic mass is 32.2. The van der Waals surface area contributed by atoms with E-state index in [1.54, 1.807) is 11.0 Å². The molecule has 7 heteroatoms. The van der Waals surface area contributed by atoms with E-state index in [0.717, 1.165) is 36.9 Å². The van der Waals surface area contributed by atoms with Crippen LogP contribution in [0.1, 0.15) is 31.7 Å². The Labute approximate surface area is 141 Å². The Kier molecular flexibility index (Phi) is 3.69. The number of halogens is 1. The zero-order chi connectivity index (χ0) is 17.1. The normalized spacial score (nSPS) is 25.2. The highest BCUT2D eigenvalue weighted by Crippen LogP contribution is 2.37. The van der Waals surface area contributed by atoms with Gasteiger partial charge in [0.1, 0.15) is 5.82 Å². The van der Waals surface area contributed by atoms with Crippen molar-refractivity contribution in [1.82, 2.24) is 4.31 Å². The number of hydrogen-bond donors (Lipinski definition) is 0. The van der Waals surface area contributed by atoms with Crippen molar-refractivity contribution >= 4 is 21.6 Å². The molecule has 1 aliphatic carbocycles. The number of sulfonamides is 1. The summed E-state index contributed by atoms with van der Waals surface area (Å²) in [6, 6.07) is 4.58. The van der Waals surface area contributed by atoms with Gasteiger partial charge >= 0.3 is 0 Å². The smallest absolute Gasteiger partial charge is 0.233 e. The van der Waals surface area contributed by atoms with Gasteiger partial charge < -0.3 is 4.90 Å². The van der Waals surface area contributed by atoms with Crippen molar-refractivity contribution in [2.45, 2.75) is 43.9 Å². The number of amides is 1. The minimum Gasteiger partial charge on any atom is -0.309 e. The molecule has 0 N–H and O–H groups in total. The molecule has 2 heterocycles. The van der Waals surface area contributed by atoms with Crippen LogP contribution >= 0.6 is 0 Å². The fraction of sp³-hybridized carbons (Fsp3) is 0.588. The van der Waals surface area contributed by atoms with Crippen molar-refractivity contribution in [3.05, 3.63) is 29.6 Å². The molecule has 24 heavy (non-hydrogen) atoms. The average molecular weight is 352 g/mol. The minimum atomic E-state index is -3.19. The molecule has 0 bridgehead atoms. The first-order chi connectivity index (χ1) is 11.4. The summed E-state index contributed by atoms with van der Waals surface area (Å²) >= 11 is 0. The van der Waals surface area contributed by atoms with Gasteiger partial charge in [-0.05, 0) is 56.4 Å². The van der Waals surface area contributed by atoms with E-state index in [4.69, 9.17) is 0 Å². The summed E-state index contributed by atoms with van der Waals surface area (Å²) in [4.78, 5) is 14.6. The Morgan fingerprint density at radius 3 is 2.58 bits per heavy atom. The second-order valence-corrected chi connectivity index (χ2v) is 9.34. The number of carbonyl (C=O) groups is 1. The van der Waals surface area contributed by atoms with Crippen LogP contribution in [0.25, 0.3) is 0 Å². The predicted octanol–water partition coefficient (Wildman–Crippen LogP) is 1.92. The van der Waals surface area contributed by atoms with Gasteiger partial charge in [0.05, 0.1) is 11.2 Å².